The monoisotopic (exact) mass is 185 g/mol. The molecule has 1 saturated carbocycles. The molecule has 0 amide bonds. The van der Waals surface area contributed by atoms with E-state index in [4.69, 9.17) is 5.11 Å². The van der Waals surface area contributed by atoms with Gasteiger partial charge in [-0.05, 0) is 24.2 Å². The van der Waals surface area contributed by atoms with Crippen LogP contribution in [0.15, 0.2) is 0 Å². The maximum Gasteiger partial charge on any atom is 0.0933 e. The van der Waals surface area contributed by atoms with Crippen molar-refractivity contribution in [2.24, 2.45) is 17.8 Å². The Labute approximate surface area is 81.7 Å². The Morgan fingerprint density at radius 2 is 2.08 bits per heavy atom. The van der Waals surface area contributed by atoms with Crippen LogP contribution in [-0.4, -0.2) is 17.9 Å². The molecule has 2 nitrogen and oxygen atoms in total. The molecule has 4 atom stereocenters. The molecule has 2 N–H and O–H groups in total. The van der Waals surface area contributed by atoms with Gasteiger partial charge in [-0.1, -0.05) is 33.6 Å². The van der Waals surface area contributed by atoms with Crippen molar-refractivity contribution in [3.05, 3.63) is 0 Å². The quantitative estimate of drug-likeness (QED) is 0.656. The lowest BCUT2D eigenvalue weighted by Gasteiger charge is -2.21. The van der Waals surface area contributed by atoms with Crippen molar-refractivity contribution in [3.8, 4) is 0 Å². The van der Waals surface area contributed by atoms with Crippen LogP contribution in [0.3, 0.4) is 0 Å². The lowest BCUT2D eigenvalue weighted by atomic mass is 9.87. The Morgan fingerprint density at radius 3 is 2.62 bits per heavy atom. The summed E-state index contributed by atoms with van der Waals surface area (Å²) < 4.78 is 0. The maximum atomic E-state index is 8.84. The summed E-state index contributed by atoms with van der Waals surface area (Å²) in [7, 11) is 0. The molecule has 4 unspecified atom stereocenters. The first-order chi connectivity index (χ1) is 6.20. The van der Waals surface area contributed by atoms with Crippen molar-refractivity contribution in [2.75, 3.05) is 6.73 Å². The van der Waals surface area contributed by atoms with E-state index in [9.17, 15) is 0 Å². The summed E-state index contributed by atoms with van der Waals surface area (Å²) in [4.78, 5) is 0. The zero-order valence-corrected chi connectivity index (χ0v) is 9.09. The van der Waals surface area contributed by atoms with Gasteiger partial charge in [0.15, 0.2) is 0 Å². The molecular weight excluding hydrogens is 162 g/mol. The second kappa shape index (κ2) is 4.97. The van der Waals surface area contributed by atoms with Gasteiger partial charge in [0, 0.05) is 6.04 Å². The molecule has 0 saturated heterocycles. The van der Waals surface area contributed by atoms with Gasteiger partial charge in [0.2, 0.25) is 0 Å². The zero-order chi connectivity index (χ0) is 9.84. The zero-order valence-electron chi connectivity index (χ0n) is 9.09. The van der Waals surface area contributed by atoms with Crippen molar-refractivity contribution in [3.63, 3.8) is 0 Å². The average molecular weight is 185 g/mol. The van der Waals surface area contributed by atoms with Crippen LogP contribution in [0.25, 0.3) is 0 Å². The average Bonchev–Trinajstić information content (AvgIpc) is 2.34. The summed E-state index contributed by atoms with van der Waals surface area (Å²) in [6.07, 6.45) is 3.85. The smallest absolute Gasteiger partial charge is 0.0933 e. The van der Waals surface area contributed by atoms with Gasteiger partial charge in [-0.2, -0.15) is 0 Å². The Bertz CT molecular complexity index is 149. The Kier molecular flexibility index (Phi) is 4.20. The van der Waals surface area contributed by atoms with E-state index in [2.05, 4.69) is 26.1 Å². The molecule has 0 spiro atoms. The van der Waals surface area contributed by atoms with Gasteiger partial charge in [0.05, 0.1) is 6.73 Å². The predicted octanol–water partition coefficient (Wildman–Crippen LogP) is 1.99. The number of aliphatic hydroxyl groups is 1. The minimum absolute atomic E-state index is 0.126. The van der Waals surface area contributed by atoms with Gasteiger partial charge >= 0.3 is 0 Å². The van der Waals surface area contributed by atoms with E-state index < -0.39 is 0 Å². The Balaban J connectivity index is 2.48. The molecular formula is C11H23NO. The third kappa shape index (κ3) is 2.44. The summed E-state index contributed by atoms with van der Waals surface area (Å²) in [6.45, 7) is 7.04. The van der Waals surface area contributed by atoms with E-state index >= 15 is 0 Å². The van der Waals surface area contributed by atoms with Gasteiger partial charge in [0.25, 0.3) is 0 Å². The van der Waals surface area contributed by atoms with Crippen LogP contribution in [0.1, 0.15) is 40.0 Å². The number of aliphatic hydroxyl groups excluding tert-OH is 1. The maximum absolute atomic E-state index is 8.84. The number of nitrogens with one attached hydrogen (secondary N) is 1. The molecule has 1 rings (SSSR count). The first-order valence-electron chi connectivity index (χ1n) is 5.55. The van der Waals surface area contributed by atoms with Crippen LogP contribution in [-0.2, 0) is 0 Å². The predicted molar refractivity (Wildman–Crippen MR) is 55.4 cm³/mol. The number of hydrogen-bond acceptors (Lipinski definition) is 2. The molecule has 2 heteroatoms. The summed E-state index contributed by atoms with van der Waals surface area (Å²) in [5.41, 5.74) is 0. The Hall–Kier alpha value is -0.0800. The molecule has 78 valence electrons. The second-order valence-corrected chi connectivity index (χ2v) is 4.49. The molecule has 0 heterocycles. The van der Waals surface area contributed by atoms with Crippen LogP contribution >= 0.6 is 0 Å². The standard InChI is InChI=1S/C11H23NO/c1-4-5-10-8(2)6-11(9(10)3)12-7-13/h8-13H,4-7H2,1-3H3. The van der Waals surface area contributed by atoms with Crippen LogP contribution in [0.5, 0.6) is 0 Å². The lowest BCUT2D eigenvalue weighted by Crippen LogP contribution is -2.33. The van der Waals surface area contributed by atoms with Gasteiger partial charge in [-0.15, -0.1) is 0 Å². The third-order valence-corrected chi connectivity index (χ3v) is 3.64. The van der Waals surface area contributed by atoms with E-state index in [1.54, 1.807) is 0 Å². The van der Waals surface area contributed by atoms with Gasteiger partial charge < -0.3 is 5.11 Å². The summed E-state index contributed by atoms with van der Waals surface area (Å²) in [5, 5.41) is 12.0. The lowest BCUT2D eigenvalue weighted by molar-refractivity contribution is 0.218. The molecule has 0 aromatic rings. The van der Waals surface area contributed by atoms with E-state index in [-0.39, 0.29) is 6.73 Å². The van der Waals surface area contributed by atoms with E-state index in [0.717, 1.165) is 17.8 Å². The first-order valence-corrected chi connectivity index (χ1v) is 5.55. The largest absolute Gasteiger partial charge is 0.381 e. The molecule has 0 radical (unpaired) electrons. The van der Waals surface area contributed by atoms with Crippen molar-refractivity contribution in [1.82, 2.24) is 5.32 Å². The van der Waals surface area contributed by atoms with Crippen molar-refractivity contribution < 1.29 is 5.11 Å². The van der Waals surface area contributed by atoms with E-state index in [1.807, 2.05) is 0 Å². The highest BCUT2D eigenvalue weighted by atomic mass is 16.3. The number of rotatable bonds is 4. The van der Waals surface area contributed by atoms with Crippen LogP contribution < -0.4 is 5.32 Å². The van der Waals surface area contributed by atoms with E-state index in [1.165, 1.54) is 19.3 Å². The number of hydrogen-bond donors (Lipinski definition) is 2. The molecule has 0 aromatic heterocycles. The summed E-state index contributed by atoms with van der Waals surface area (Å²) in [5.74, 6) is 2.40. The fourth-order valence-electron chi connectivity index (χ4n) is 2.87. The first kappa shape index (κ1) is 11.0. The SMILES string of the molecule is CCCC1C(C)CC(NCO)C1C. The molecule has 1 fully saturated rings. The minimum atomic E-state index is 0.126. The fourth-order valence-corrected chi connectivity index (χ4v) is 2.87. The fraction of sp³-hybridized carbons (Fsp3) is 1.00. The van der Waals surface area contributed by atoms with Crippen LogP contribution in [0.2, 0.25) is 0 Å². The normalized spacial score (nSPS) is 39.7. The van der Waals surface area contributed by atoms with Crippen molar-refractivity contribution >= 4 is 0 Å². The topological polar surface area (TPSA) is 32.3 Å². The van der Waals surface area contributed by atoms with Crippen molar-refractivity contribution in [2.45, 2.75) is 46.1 Å². The van der Waals surface area contributed by atoms with Crippen LogP contribution in [0, 0.1) is 17.8 Å². The van der Waals surface area contributed by atoms with E-state index in [0.29, 0.717) is 6.04 Å². The highest BCUT2D eigenvalue weighted by molar-refractivity contribution is 4.90. The highest BCUT2D eigenvalue weighted by Crippen LogP contribution is 2.39. The summed E-state index contributed by atoms with van der Waals surface area (Å²) >= 11 is 0. The molecule has 1 aliphatic rings. The molecule has 0 aliphatic heterocycles. The Morgan fingerprint density at radius 1 is 1.38 bits per heavy atom. The summed E-state index contributed by atoms with van der Waals surface area (Å²) in [6, 6.07) is 0.538. The van der Waals surface area contributed by atoms with Gasteiger partial charge in [-0.3, -0.25) is 5.32 Å². The molecule has 13 heavy (non-hydrogen) atoms. The minimum Gasteiger partial charge on any atom is -0.381 e. The molecule has 1 aliphatic carbocycles. The van der Waals surface area contributed by atoms with Gasteiger partial charge in [-0.25, -0.2) is 0 Å². The van der Waals surface area contributed by atoms with Crippen LogP contribution in [0.4, 0.5) is 0 Å². The highest BCUT2D eigenvalue weighted by Gasteiger charge is 2.36. The third-order valence-electron chi connectivity index (χ3n) is 3.64. The van der Waals surface area contributed by atoms with Gasteiger partial charge in [0.1, 0.15) is 0 Å². The molecule has 0 aromatic carbocycles. The molecule has 0 bridgehead atoms. The second-order valence-electron chi connectivity index (χ2n) is 4.49. The van der Waals surface area contributed by atoms with Crippen molar-refractivity contribution in [1.29, 1.82) is 0 Å².